The molecule has 0 aromatic heterocycles. The number of hydrogen-bond acceptors (Lipinski definition) is 2. The van der Waals surface area contributed by atoms with Gasteiger partial charge in [-0.25, -0.2) is 0 Å². The second-order valence-corrected chi connectivity index (χ2v) is 2.70. The summed E-state index contributed by atoms with van der Waals surface area (Å²) in [7, 11) is 3.81. The largest absolute Gasteiger partial charge is 0.393 e. The Balaban J connectivity index is 2.25. The minimum absolute atomic E-state index is 0.0725. The lowest BCUT2D eigenvalue weighted by Gasteiger charge is -2.10. The molecule has 1 radical (unpaired) electrons. The highest BCUT2D eigenvalue weighted by atomic mass is 16.3. The molecule has 53 valence electrons. The van der Waals surface area contributed by atoms with Crippen LogP contribution in [0.15, 0.2) is 0 Å². The molecular formula is C7H14NO. The lowest BCUT2D eigenvalue weighted by Crippen LogP contribution is -2.16. The minimum Gasteiger partial charge on any atom is -0.393 e. The fourth-order valence-electron chi connectivity index (χ4n) is 1.14. The van der Waals surface area contributed by atoms with E-state index in [1.54, 1.807) is 0 Å². The Morgan fingerprint density at radius 3 is 2.89 bits per heavy atom. The number of aliphatic hydroxyl groups is 1. The van der Waals surface area contributed by atoms with Gasteiger partial charge in [0.1, 0.15) is 0 Å². The zero-order chi connectivity index (χ0) is 6.69. The van der Waals surface area contributed by atoms with Crippen molar-refractivity contribution in [2.45, 2.75) is 25.4 Å². The Bertz CT molecular complexity index is 75.0. The maximum absolute atomic E-state index is 9.15. The predicted octanol–water partition coefficient (Wildman–Crippen LogP) is 0.625. The summed E-state index contributed by atoms with van der Waals surface area (Å²) in [6.07, 6.45) is 2.86. The maximum Gasteiger partial charge on any atom is 0.0553 e. The molecule has 0 saturated carbocycles. The summed E-state index contributed by atoms with van der Waals surface area (Å²) in [5.41, 5.74) is 0. The Labute approximate surface area is 56.5 Å². The van der Waals surface area contributed by atoms with Crippen molar-refractivity contribution in [3.05, 3.63) is 7.05 Å². The van der Waals surface area contributed by atoms with Crippen LogP contribution in [-0.2, 0) is 0 Å². The van der Waals surface area contributed by atoms with Crippen molar-refractivity contribution in [3.8, 4) is 0 Å². The molecule has 1 aliphatic rings. The molecule has 1 atom stereocenters. The first kappa shape index (κ1) is 7.03. The third-order valence-electron chi connectivity index (χ3n) is 1.79. The molecule has 0 aromatic rings. The van der Waals surface area contributed by atoms with Gasteiger partial charge in [-0.2, -0.15) is 0 Å². The third kappa shape index (κ3) is 2.33. The number of aliphatic hydroxyl groups excluding tert-OH is 1. The van der Waals surface area contributed by atoms with Crippen LogP contribution in [0, 0.1) is 7.05 Å². The lowest BCUT2D eigenvalue weighted by molar-refractivity contribution is 0.158. The number of likely N-dealkylation sites (tertiary alicyclic amines) is 1. The summed E-state index contributed by atoms with van der Waals surface area (Å²) >= 11 is 0. The Morgan fingerprint density at radius 1 is 1.33 bits per heavy atom. The van der Waals surface area contributed by atoms with Gasteiger partial charge < -0.3 is 10.0 Å². The molecule has 1 N–H and O–H groups in total. The SMILES string of the molecule is [CH2]N1CCCC(O)CC1. The molecule has 1 rings (SSSR count). The van der Waals surface area contributed by atoms with Crippen LogP contribution in [0.3, 0.4) is 0 Å². The first-order chi connectivity index (χ1) is 4.29. The highest BCUT2D eigenvalue weighted by Gasteiger charge is 2.10. The van der Waals surface area contributed by atoms with E-state index in [9.17, 15) is 0 Å². The van der Waals surface area contributed by atoms with E-state index in [-0.39, 0.29) is 6.10 Å². The topological polar surface area (TPSA) is 23.5 Å². The molecule has 1 unspecified atom stereocenters. The average Bonchev–Trinajstić information content (AvgIpc) is 1.97. The van der Waals surface area contributed by atoms with Gasteiger partial charge in [-0.05, 0) is 25.8 Å². The Morgan fingerprint density at radius 2 is 2.11 bits per heavy atom. The number of nitrogens with zero attached hydrogens (tertiary/aromatic N) is 1. The molecule has 0 aromatic carbocycles. The zero-order valence-corrected chi connectivity index (χ0v) is 5.71. The molecule has 2 heteroatoms. The smallest absolute Gasteiger partial charge is 0.0553 e. The normalized spacial score (nSPS) is 32.0. The molecule has 2 nitrogen and oxygen atoms in total. The van der Waals surface area contributed by atoms with E-state index in [1.165, 1.54) is 0 Å². The molecule has 1 aliphatic heterocycles. The van der Waals surface area contributed by atoms with Gasteiger partial charge in [-0.15, -0.1) is 0 Å². The van der Waals surface area contributed by atoms with Gasteiger partial charge in [0.15, 0.2) is 0 Å². The second-order valence-electron chi connectivity index (χ2n) is 2.70. The van der Waals surface area contributed by atoms with Crippen LogP contribution >= 0.6 is 0 Å². The van der Waals surface area contributed by atoms with Crippen molar-refractivity contribution in [3.63, 3.8) is 0 Å². The van der Waals surface area contributed by atoms with Gasteiger partial charge in [0.2, 0.25) is 0 Å². The van der Waals surface area contributed by atoms with E-state index < -0.39 is 0 Å². The first-order valence-electron chi connectivity index (χ1n) is 3.52. The lowest BCUT2D eigenvalue weighted by atomic mass is 10.2. The molecule has 0 amide bonds. The van der Waals surface area contributed by atoms with Crippen LogP contribution < -0.4 is 0 Å². The van der Waals surface area contributed by atoms with Crippen LogP contribution in [0.25, 0.3) is 0 Å². The van der Waals surface area contributed by atoms with Crippen LogP contribution in [0.1, 0.15) is 19.3 Å². The zero-order valence-electron chi connectivity index (χ0n) is 5.71. The Hall–Kier alpha value is -0.0800. The maximum atomic E-state index is 9.15. The van der Waals surface area contributed by atoms with Gasteiger partial charge in [0.25, 0.3) is 0 Å². The average molecular weight is 128 g/mol. The van der Waals surface area contributed by atoms with Crippen LogP contribution in [0.2, 0.25) is 0 Å². The summed E-state index contributed by atoms with van der Waals surface area (Å²) in [5.74, 6) is 0. The third-order valence-corrected chi connectivity index (χ3v) is 1.79. The van der Waals surface area contributed by atoms with Crippen LogP contribution in [-0.4, -0.2) is 29.2 Å². The van der Waals surface area contributed by atoms with Gasteiger partial charge in [0, 0.05) is 13.6 Å². The highest BCUT2D eigenvalue weighted by molar-refractivity contribution is 4.67. The van der Waals surface area contributed by atoms with Crippen LogP contribution in [0.5, 0.6) is 0 Å². The number of hydrogen-bond donors (Lipinski definition) is 1. The van der Waals surface area contributed by atoms with Crippen molar-refractivity contribution < 1.29 is 5.11 Å². The summed E-state index contributed by atoms with van der Waals surface area (Å²) in [6, 6.07) is 0. The molecule has 0 bridgehead atoms. The highest BCUT2D eigenvalue weighted by Crippen LogP contribution is 2.08. The predicted molar refractivity (Wildman–Crippen MR) is 36.8 cm³/mol. The summed E-state index contributed by atoms with van der Waals surface area (Å²) < 4.78 is 0. The number of rotatable bonds is 0. The van der Waals surface area contributed by atoms with Crippen molar-refractivity contribution in [2.24, 2.45) is 0 Å². The summed E-state index contributed by atoms with van der Waals surface area (Å²) in [4.78, 5) is 2.02. The summed E-state index contributed by atoms with van der Waals surface area (Å²) in [5, 5.41) is 9.15. The van der Waals surface area contributed by atoms with Crippen molar-refractivity contribution in [2.75, 3.05) is 13.1 Å². The fraction of sp³-hybridized carbons (Fsp3) is 0.857. The van der Waals surface area contributed by atoms with E-state index in [0.29, 0.717) is 0 Å². The van der Waals surface area contributed by atoms with Gasteiger partial charge in [-0.1, -0.05) is 0 Å². The van der Waals surface area contributed by atoms with Crippen LogP contribution in [0.4, 0.5) is 0 Å². The van der Waals surface area contributed by atoms with Gasteiger partial charge in [0.05, 0.1) is 6.10 Å². The van der Waals surface area contributed by atoms with E-state index in [4.69, 9.17) is 5.11 Å². The quantitative estimate of drug-likeness (QED) is 0.517. The van der Waals surface area contributed by atoms with Gasteiger partial charge in [-0.3, -0.25) is 0 Å². The standard InChI is InChI=1S/C7H14NO/c1-8-5-2-3-7(9)4-6-8/h7,9H,1-6H2. The van der Waals surface area contributed by atoms with Crippen molar-refractivity contribution in [1.29, 1.82) is 0 Å². The van der Waals surface area contributed by atoms with Crippen molar-refractivity contribution in [1.82, 2.24) is 4.90 Å². The molecule has 1 saturated heterocycles. The van der Waals surface area contributed by atoms with Crippen molar-refractivity contribution >= 4 is 0 Å². The Kier molecular flexibility index (Phi) is 2.49. The molecule has 0 aliphatic carbocycles. The molecule has 1 heterocycles. The molecular weight excluding hydrogens is 114 g/mol. The second kappa shape index (κ2) is 3.18. The molecule has 1 fully saturated rings. The summed E-state index contributed by atoms with van der Waals surface area (Å²) in [6.45, 7) is 1.98. The monoisotopic (exact) mass is 128 g/mol. The van der Waals surface area contributed by atoms with Gasteiger partial charge >= 0.3 is 0 Å². The van der Waals surface area contributed by atoms with E-state index >= 15 is 0 Å². The minimum atomic E-state index is -0.0725. The fourth-order valence-corrected chi connectivity index (χ4v) is 1.14. The van der Waals surface area contributed by atoms with E-state index in [0.717, 1.165) is 32.4 Å². The molecule has 9 heavy (non-hydrogen) atoms. The van der Waals surface area contributed by atoms with E-state index in [2.05, 4.69) is 7.05 Å². The van der Waals surface area contributed by atoms with E-state index in [1.807, 2.05) is 4.90 Å². The first-order valence-corrected chi connectivity index (χ1v) is 3.52. The molecule has 0 spiro atoms.